The molecule has 0 aliphatic carbocycles. The number of thiophene rings is 1. The molecule has 0 radical (unpaired) electrons. The Morgan fingerprint density at radius 1 is 1.32 bits per heavy atom. The molecule has 1 amide bonds. The normalized spacial score (nSPS) is 15.6. The van der Waals surface area contributed by atoms with Crippen molar-refractivity contribution >= 4 is 47.2 Å². The van der Waals surface area contributed by atoms with Gasteiger partial charge in [-0.05, 0) is 11.4 Å². The van der Waals surface area contributed by atoms with Gasteiger partial charge in [0.05, 0.1) is 13.2 Å². The Morgan fingerprint density at radius 3 is 2.64 bits per heavy atom. The molecule has 0 atom stereocenters. The third kappa shape index (κ3) is 8.62. The van der Waals surface area contributed by atoms with Crippen LogP contribution in [0.2, 0.25) is 0 Å². The number of carbonyl (C=O) groups excluding carboxylic acids is 1. The first-order chi connectivity index (χ1) is 12.9. The summed E-state index contributed by atoms with van der Waals surface area (Å²) in [6.07, 6.45) is 0. The highest BCUT2D eigenvalue weighted by atomic mass is 127. The number of likely N-dealkylation sites (N-methyl/N-ethyl adjacent to an activating group) is 1. The minimum atomic E-state index is -0.0122. The number of aliphatic imine (C=N–C) groups is 1. The van der Waals surface area contributed by atoms with Gasteiger partial charge in [-0.15, -0.1) is 35.3 Å². The van der Waals surface area contributed by atoms with E-state index >= 15 is 0 Å². The zero-order valence-corrected chi connectivity index (χ0v) is 20.5. The van der Waals surface area contributed by atoms with Crippen LogP contribution in [0.3, 0.4) is 0 Å². The minimum absolute atomic E-state index is 0. The van der Waals surface area contributed by atoms with E-state index in [1.165, 1.54) is 4.88 Å². The molecule has 2 heterocycles. The number of nitrogens with one attached hydrogen (secondary N) is 2. The summed E-state index contributed by atoms with van der Waals surface area (Å²) in [7, 11) is 3.49. The maximum atomic E-state index is 11.9. The van der Waals surface area contributed by atoms with Gasteiger partial charge in [-0.3, -0.25) is 9.69 Å². The van der Waals surface area contributed by atoms with Crippen LogP contribution in [0.25, 0.3) is 0 Å². The number of halogens is 1. The Morgan fingerprint density at radius 2 is 2.04 bits per heavy atom. The number of amides is 1. The number of nitrogens with zero attached hydrogens (tertiary/aromatic N) is 3. The molecule has 1 aliphatic rings. The van der Waals surface area contributed by atoms with E-state index in [4.69, 9.17) is 4.74 Å². The summed E-state index contributed by atoms with van der Waals surface area (Å²) in [4.78, 5) is 21.6. The fourth-order valence-corrected chi connectivity index (χ4v) is 3.53. The van der Waals surface area contributed by atoms with Gasteiger partial charge in [0.25, 0.3) is 0 Å². The van der Waals surface area contributed by atoms with Crippen LogP contribution in [-0.2, 0) is 14.9 Å². The zero-order valence-electron chi connectivity index (χ0n) is 17.4. The molecule has 1 fully saturated rings. The highest BCUT2D eigenvalue weighted by molar-refractivity contribution is 14.0. The van der Waals surface area contributed by atoms with Gasteiger partial charge in [-0.1, -0.05) is 19.9 Å². The summed E-state index contributed by atoms with van der Waals surface area (Å²) < 4.78 is 5.39. The molecule has 9 heteroatoms. The van der Waals surface area contributed by atoms with Crippen molar-refractivity contribution in [3.63, 3.8) is 0 Å². The predicted molar refractivity (Wildman–Crippen MR) is 127 cm³/mol. The lowest BCUT2D eigenvalue weighted by Gasteiger charge is -2.28. The second kappa shape index (κ2) is 12.6. The summed E-state index contributed by atoms with van der Waals surface area (Å²) in [6.45, 7) is 10.5. The van der Waals surface area contributed by atoms with E-state index in [1.54, 1.807) is 30.3 Å². The number of hydrogen-bond donors (Lipinski definition) is 2. The third-order valence-corrected chi connectivity index (χ3v) is 5.82. The summed E-state index contributed by atoms with van der Waals surface area (Å²) >= 11 is 1.76. The van der Waals surface area contributed by atoms with Crippen LogP contribution in [0, 0.1) is 0 Å². The van der Waals surface area contributed by atoms with Crippen LogP contribution in [-0.4, -0.2) is 88.2 Å². The van der Waals surface area contributed by atoms with Gasteiger partial charge in [0, 0.05) is 57.1 Å². The van der Waals surface area contributed by atoms with E-state index in [0.717, 1.165) is 45.9 Å². The standard InChI is InChI=1S/C19H33N5O2S.HI/c1-19(2,16-6-5-13-27-16)15-22-18(21-14-17(25)23(3)4)20-7-8-24-9-11-26-12-10-24;/h5-6,13H,7-12,14-15H2,1-4H3,(H2,20,21,22);1H. The highest BCUT2D eigenvalue weighted by Gasteiger charge is 2.22. The Hall–Kier alpha value is -0.910. The molecule has 0 saturated carbocycles. The van der Waals surface area contributed by atoms with Crippen molar-refractivity contribution in [1.29, 1.82) is 0 Å². The van der Waals surface area contributed by atoms with Crippen LogP contribution < -0.4 is 10.6 Å². The molecule has 1 aromatic heterocycles. The fraction of sp³-hybridized carbons (Fsp3) is 0.684. The van der Waals surface area contributed by atoms with Gasteiger partial charge in [0.15, 0.2) is 5.96 Å². The topological polar surface area (TPSA) is 69.2 Å². The van der Waals surface area contributed by atoms with Crippen LogP contribution in [0.1, 0.15) is 18.7 Å². The van der Waals surface area contributed by atoms with Crippen molar-refractivity contribution in [3.8, 4) is 0 Å². The lowest BCUT2D eigenvalue weighted by Crippen LogP contribution is -2.47. The lowest BCUT2D eigenvalue weighted by molar-refractivity contribution is -0.127. The molecule has 2 N–H and O–H groups in total. The van der Waals surface area contributed by atoms with Crippen molar-refractivity contribution < 1.29 is 9.53 Å². The van der Waals surface area contributed by atoms with Gasteiger partial charge >= 0.3 is 0 Å². The molecular formula is C19H34IN5O2S. The number of rotatable bonds is 8. The molecule has 1 saturated heterocycles. The first-order valence-corrected chi connectivity index (χ1v) is 10.3. The Bertz CT molecular complexity index is 601. The number of hydrogen-bond acceptors (Lipinski definition) is 5. The molecule has 1 aromatic rings. The van der Waals surface area contributed by atoms with E-state index < -0.39 is 0 Å². The molecular weight excluding hydrogens is 489 g/mol. The molecule has 160 valence electrons. The highest BCUT2D eigenvalue weighted by Crippen LogP contribution is 2.26. The number of guanidine groups is 1. The predicted octanol–water partition coefficient (Wildman–Crippen LogP) is 1.60. The molecule has 1 aliphatic heterocycles. The van der Waals surface area contributed by atoms with Gasteiger partial charge in [-0.2, -0.15) is 0 Å². The second-order valence-corrected chi connectivity index (χ2v) is 8.50. The molecule has 0 aromatic carbocycles. The molecule has 28 heavy (non-hydrogen) atoms. The van der Waals surface area contributed by atoms with Gasteiger partial charge < -0.3 is 20.3 Å². The third-order valence-electron chi connectivity index (χ3n) is 4.58. The van der Waals surface area contributed by atoms with Crippen molar-refractivity contribution in [2.75, 3.05) is 66.6 Å². The Labute approximate surface area is 189 Å². The van der Waals surface area contributed by atoms with Crippen molar-refractivity contribution in [3.05, 3.63) is 22.4 Å². The molecule has 2 rings (SSSR count). The Balaban J connectivity index is 0.00000392. The average Bonchev–Trinajstić information content (AvgIpc) is 3.19. The van der Waals surface area contributed by atoms with Crippen molar-refractivity contribution in [2.45, 2.75) is 19.3 Å². The summed E-state index contributed by atoms with van der Waals surface area (Å²) in [6, 6.07) is 4.23. The van der Waals surface area contributed by atoms with Crippen LogP contribution >= 0.6 is 35.3 Å². The molecule has 0 spiro atoms. The number of ether oxygens (including phenoxy) is 1. The first kappa shape index (κ1) is 25.1. The molecule has 0 bridgehead atoms. The fourth-order valence-electron chi connectivity index (χ4n) is 2.68. The first-order valence-electron chi connectivity index (χ1n) is 9.45. The van der Waals surface area contributed by atoms with Crippen LogP contribution in [0.4, 0.5) is 0 Å². The summed E-state index contributed by atoms with van der Waals surface area (Å²) in [5, 5.41) is 8.88. The van der Waals surface area contributed by atoms with Crippen molar-refractivity contribution in [2.24, 2.45) is 4.99 Å². The van der Waals surface area contributed by atoms with E-state index in [9.17, 15) is 4.79 Å². The molecule has 0 unspecified atom stereocenters. The largest absolute Gasteiger partial charge is 0.379 e. The second-order valence-electron chi connectivity index (χ2n) is 7.55. The maximum absolute atomic E-state index is 11.9. The average molecular weight is 523 g/mol. The summed E-state index contributed by atoms with van der Waals surface area (Å²) in [5.74, 6) is 0.671. The van der Waals surface area contributed by atoms with Crippen LogP contribution in [0.15, 0.2) is 22.5 Å². The van der Waals surface area contributed by atoms with E-state index in [2.05, 4.69) is 51.9 Å². The zero-order chi connectivity index (χ0) is 19.7. The maximum Gasteiger partial charge on any atom is 0.243 e. The van der Waals surface area contributed by atoms with Crippen LogP contribution in [0.5, 0.6) is 0 Å². The quantitative estimate of drug-likeness (QED) is 0.308. The minimum Gasteiger partial charge on any atom is -0.379 e. The smallest absolute Gasteiger partial charge is 0.243 e. The van der Waals surface area contributed by atoms with E-state index in [1.807, 2.05) is 0 Å². The van der Waals surface area contributed by atoms with Gasteiger partial charge in [0.2, 0.25) is 5.91 Å². The van der Waals surface area contributed by atoms with Gasteiger partial charge in [0.1, 0.15) is 6.54 Å². The van der Waals surface area contributed by atoms with Crippen molar-refractivity contribution in [1.82, 2.24) is 20.4 Å². The summed E-state index contributed by atoms with van der Waals surface area (Å²) in [5.41, 5.74) is -0.00756. The number of carbonyl (C=O) groups is 1. The Kier molecular flexibility index (Phi) is 11.3. The van der Waals surface area contributed by atoms with Gasteiger partial charge in [-0.25, -0.2) is 4.99 Å². The molecule has 7 nitrogen and oxygen atoms in total. The SMILES string of the molecule is CN(C)C(=O)CN=C(NCCN1CCOCC1)NCC(C)(C)c1cccs1.I. The monoisotopic (exact) mass is 523 g/mol. The lowest BCUT2D eigenvalue weighted by atomic mass is 9.91. The number of morpholine rings is 1. The van der Waals surface area contributed by atoms with E-state index in [0.29, 0.717) is 5.96 Å². The van der Waals surface area contributed by atoms with E-state index in [-0.39, 0.29) is 41.8 Å².